The zero-order chi connectivity index (χ0) is 29.9. The molecule has 41 heavy (non-hydrogen) atoms. The highest BCUT2D eigenvalue weighted by Gasteiger charge is 2.31. The summed E-state index contributed by atoms with van der Waals surface area (Å²) in [4.78, 5) is 17.1. The van der Waals surface area contributed by atoms with Crippen LogP contribution in [-0.2, 0) is 28.7 Å². The first-order valence-corrected chi connectivity index (χ1v) is 14.6. The minimum atomic E-state index is -0.731. The number of rotatable bonds is 15. The molecule has 3 rings (SSSR count). The molecular formula is C33H45NO7. The predicted molar refractivity (Wildman–Crippen MR) is 159 cm³/mol. The quantitative estimate of drug-likeness (QED) is 0.188. The Morgan fingerprint density at radius 3 is 2.54 bits per heavy atom. The summed E-state index contributed by atoms with van der Waals surface area (Å²) < 4.78 is 16.7. The van der Waals surface area contributed by atoms with Gasteiger partial charge in [0, 0.05) is 25.9 Å². The second-order valence-electron chi connectivity index (χ2n) is 11.0. The van der Waals surface area contributed by atoms with Gasteiger partial charge in [0.05, 0.1) is 24.7 Å². The number of aromatic hydroxyl groups is 1. The Morgan fingerprint density at radius 1 is 1.07 bits per heavy atom. The van der Waals surface area contributed by atoms with E-state index in [0.717, 1.165) is 24.0 Å². The summed E-state index contributed by atoms with van der Waals surface area (Å²) in [5.74, 6) is 0.141. The van der Waals surface area contributed by atoms with Crippen LogP contribution in [0.2, 0.25) is 0 Å². The normalized spacial score (nSPS) is 19.4. The van der Waals surface area contributed by atoms with Gasteiger partial charge in [0.15, 0.2) is 5.89 Å². The molecule has 1 aromatic heterocycles. The van der Waals surface area contributed by atoms with Crippen LogP contribution in [0.1, 0.15) is 80.0 Å². The number of phenolic OH excluding ortho intramolecular Hbond substituents is 1. The molecule has 0 bridgehead atoms. The monoisotopic (exact) mass is 567 g/mol. The Bertz CT molecular complexity index is 1210. The highest BCUT2D eigenvalue weighted by atomic mass is 16.5. The maximum atomic E-state index is 12.8. The highest BCUT2D eigenvalue weighted by molar-refractivity contribution is 5.95. The van der Waals surface area contributed by atoms with E-state index in [2.05, 4.69) is 18.8 Å². The molecule has 0 spiro atoms. The Kier molecular flexibility index (Phi) is 12.4. The molecule has 0 saturated carbocycles. The predicted octanol–water partition coefficient (Wildman–Crippen LogP) is 5.59. The number of hydrogen-bond acceptors (Lipinski definition) is 8. The van der Waals surface area contributed by atoms with E-state index < -0.39 is 18.2 Å². The topological polar surface area (TPSA) is 122 Å². The summed E-state index contributed by atoms with van der Waals surface area (Å²) in [6, 6.07) is 3.86. The Labute approximate surface area is 243 Å². The van der Waals surface area contributed by atoms with Crippen molar-refractivity contribution in [2.75, 3.05) is 7.11 Å². The fourth-order valence-electron chi connectivity index (χ4n) is 4.86. The summed E-state index contributed by atoms with van der Waals surface area (Å²) in [6.45, 7) is 7.92. The van der Waals surface area contributed by atoms with Crippen LogP contribution in [0.4, 0.5) is 0 Å². The van der Waals surface area contributed by atoms with Gasteiger partial charge < -0.3 is 29.2 Å². The number of cyclic esters (lactones) is 1. The van der Waals surface area contributed by atoms with Crippen molar-refractivity contribution in [1.82, 2.24) is 4.98 Å². The van der Waals surface area contributed by atoms with E-state index in [1.165, 1.54) is 6.26 Å². The van der Waals surface area contributed by atoms with Crippen LogP contribution in [0.25, 0.3) is 6.08 Å². The summed E-state index contributed by atoms with van der Waals surface area (Å²) in [5.41, 5.74) is 2.52. The van der Waals surface area contributed by atoms with E-state index in [4.69, 9.17) is 13.9 Å². The zero-order valence-electron chi connectivity index (χ0n) is 24.8. The van der Waals surface area contributed by atoms with Crippen molar-refractivity contribution in [1.29, 1.82) is 0 Å². The minimum absolute atomic E-state index is 0.0495. The summed E-state index contributed by atoms with van der Waals surface area (Å²) >= 11 is 0. The second-order valence-corrected chi connectivity index (χ2v) is 11.0. The fourth-order valence-corrected chi connectivity index (χ4v) is 4.86. The molecule has 6 atom stereocenters. The summed E-state index contributed by atoms with van der Waals surface area (Å²) in [6.07, 6.45) is 14.3. The first-order chi connectivity index (χ1) is 19.7. The number of aromatic nitrogens is 1. The average molecular weight is 568 g/mol. The second kappa shape index (κ2) is 15.7. The maximum absolute atomic E-state index is 12.8. The SMILES string of the molecule is CC[C@H](C)Cc1ccc2c(c1O)C(=O)O[C@H](C[C@H](\C=C/C=C\C=C\c1coc(C[C@H](O)[C@H](C)[C@H](O)CC)n1)OC)C2. The molecule has 0 unspecified atom stereocenters. The van der Waals surface area contributed by atoms with Crippen LogP contribution in [0, 0.1) is 11.8 Å². The molecule has 0 amide bonds. The lowest BCUT2D eigenvalue weighted by molar-refractivity contribution is 0.00928. The number of phenols is 1. The first-order valence-electron chi connectivity index (χ1n) is 14.6. The molecule has 1 aliphatic rings. The smallest absolute Gasteiger partial charge is 0.342 e. The fraction of sp³-hybridized carbons (Fsp3) is 0.515. The van der Waals surface area contributed by atoms with Crippen molar-refractivity contribution in [3.8, 4) is 5.75 Å². The van der Waals surface area contributed by atoms with E-state index in [1.54, 1.807) is 13.2 Å². The third-order valence-corrected chi connectivity index (χ3v) is 7.85. The molecule has 0 saturated heterocycles. The van der Waals surface area contributed by atoms with Crippen molar-refractivity contribution in [3.05, 3.63) is 77.1 Å². The third-order valence-electron chi connectivity index (χ3n) is 7.85. The van der Waals surface area contributed by atoms with Crippen molar-refractivity contribution in [2.24, 2.45) is 11.8 Å². The number of ether oxygens (including phenoxy) is 2. The summed E-state index contributed by atoms with van der Waals surface area (Å²) in [5, 5.41) is 30.9. The number of aliphatic hydroxyl groups excluding tert-OH is 2. The lowest BCUT2D eigenvalue weighted by Crippen LogP contribution is -2.31. The Morgan fingerprint density at radius 2 is 1.83 bits per heavy atom. The van der Waals surface area contributed by atoms with E-state index in [1.807, 2.05) is 56.4 Å². The number of fused-ring (bicyclic) bond motifs is 1. The number of methoxy groups -OCH3 is 1. The molecule has 8 heteroatoms. The van der Waals surface area contributed by atoms with Crippen molar-refractivity contribution in [2.45, 2.75) is 90.6 Å². The largest absolute Gasteiger partial charge is 0.507 e. The highest BCUT2D eigenvalue weighted by Crippen LogP contribution is 2.34. The van der Waals surface area contributed by atoms with Crippen LogP contribution in [-0.4, -0.2) is 57.8 Å². The number of carbonyl (C=O) groups is 1. The Balaban J connectivity index is 1.51. The summed E-state index contributed by atoms with van der Waals surface area (Å²) in [7, 11) is 1.62. The number of aliphatic hydroxyl groups is 2. The first kappa shape index (κ1) is 32.3. The van der Waals surface area contributed by atoms with Gasteiger partial charge >= 0.3 is 5.97 Å². The van der Waals surface area contributed by atoms with Crippen LogP contribution < -0.4 is 0 Å². The molecule has 224 valence electrons. The van der Waals surface area contributed by atoms with Gasteiger partial charge in [0.2, 0.25) is 0 Å². The lowest BCUT2D eigenvalue weighted by atomic mass is 9.90. The van der Waals surface area contributed by atoms with Crippen LogP contribution in [0.3, 0.4) is 0 Å². The number of oxazole rings is 1. The number of esters is 1. The molecule has 1 aromatic carbocycles. The Hall–Kier alpha value is -3.20. The number of benzene rings is 1. The molecule has 2 aromatic rings. The molecule has 0 fully saturated rings. The van der Waals surface area contributed by atoms with Gasteiger partial charge in [-0.05, 0) is 36.0 Å². The van der Waals surface area contributed by atoms with Gasteiger partial charge in [-0.3, -0.25) is 0 Å². The number of nitrogens with zero attached hydrogens (tertiary/aromatic N) is 1. The van der Waals surface area contributed by atoms with Crippen molar-refractivity contribution < 1.29 is 34.0 Å². The van der Waals surface area contributed by atoms with Gasteiger partial charge in [-0.15, -0.1) is 0 Å². The van der Waals surface area contributed by atoms with Gasteiger partial charge in [-0.1, -0.05) is 76.6 Å². The van der Waals surface area contributed by atoms with Crippen molar-refractivity contribution >= 4 is 12.0 Å². The molecule has 3 N–H and O–H groups in total. The van der Waals surface area contributed by atoms with E-state index >= 15 is 0 Å². The number of hydrogen-bond donors (Lipinski definition) is 3. The van der Waals surface area contributed by atoms with E-state index in [0.29, 0.717) is 42.3 Å². The molecule has 2 heterocycles. The molecule has 0 radical (unpaired) electrons. The van der Waals surface area contributed by atoms with Crippen molar-refractivity contribution in [3.63, 3.8) is 0 Å². The maximum Gasteiger partial charge on any atom is 0.342 e. The lowest BCUT2D eigenvalue weighted by Gasteiger charge is -2.28. The zero-order valence-corrected chi connectivity index (χ0v) is 24.8. The van der Waals surface area contributed by atoms with E-state index in [9.17, 15) is 20.1 Å². The van der Waals surface area contributed by atoms with Gasteiger partial charge in [-0.25, -0.2) is 9.78 Å². The van der Waals surface area contributed by atoms with Crippen LogP contribution in [0.15, 0.2) is 53.2 Å². The van der Waals surface area contributed by atoms with Gasteiger partial charge in [0.1, 0.15) is 29.4 Å². The van der Waals surface area contributed by atoms with Crippen LogP contribution >= 0.6 is 0 Å². The average Bonchev–Trinajstić information content (AvgIpc) is 3.41. The third kappa shape index (κ3) is 9.15. The number of allylic oxidation sites excluding steroid dienone is 4. The molecule has 0 aliphatic carbocycles. The van der Waals surface area contributed by atoms with E-state index in [-0.39, 0.29) is 30.3 Å². The molecular weight excluding hydrogens is 522 g/mol. The van der Waals surface area contributed by atoms with Crippen LogP contribution in [0.5, 0.6) is 5.75 Å². The minimum Gasteiger partial charge on any atom is -0.507 e. The molecule has 1 aliphatic heterocycles. The van der Waals surface area contributed by atoms with Gasteiger partial charge in [-0.2, -0.15) is 0 Å². The number of carbonyl (C=O) groups excluding carboxylic acids is 1. The molecule has 8 nitrogen and oxygen atoms in total. The standard InChI is InChI=1S/C33H45NO7/c1-6-21(3)16-24-15-14-23-17-27(41-33(38)31(23)32(24)37)18-26(39-5)13-11-9-8-10-12-25-20-40-30(34-25)19-29(36)22(4)28(35)7-2/h8-15,20-22,26-29,35-37H,6-7,16-19H2,1-5H3/b9-8-,12-10+,13-11-/t21-,22+,26-,27-,28+,29-/m0/s1. The van der Waals surface area contributed by atoms with Gasteiger partial charge in [0.25, 0.3) is 0 Å².